The number of piperidine rings is 1. The Morgan fingerprint density at radius 1 is 1.21 bits per heavy atom. The summed E-state index contributed by atoms with van der Waals surface area (Å²) >= 11 is 5.98. The van der Waals surface area contributed by atoms with Gasteiger partial charge in [0.1, 0.15) is 28.6 Å². The molecular formula is C33H33ClF4N8O2. The number of nitrogens with two attached hydrogens (primary N) is 2. The van der Waals surface area contributed by atoms with Crippen LogP contribution in [0.15, 0.2) is 36.7 Å². The summed E-state index contributed by atoms with van der Waals surface area (Å²) in [5.74, 6) is -0.161. The summed E-state index contributed by atoms with van der Waals surface area (Å²) < 4.78 is 65.2. The minimum Gasteiger partial charge on any atom is -0.463 e. The minimum absolute atomic E-state index is 0.0929. The van der Waals surface area contributed by atoms with E-state index in [4.69, 9.17) is 27.8 Å². The molecule has 1 unspecified atom stereocenters. The van der Waals surface area contributed by atoms with Gasteiger partial charge in [0.25, 0.3) is 0 Å². The van der Waals surface area contributed by atoms with Crippen LogP contribution in [0.2, 0.25) is 5.02 Å². The Labute approximate surface area is 278 Å². The number of anilines is 3. The van der Waals surface area contributed by atoms with Crippen molar-refractivity contribution in [1.29, 1.82) is 0 Å². The van der Waals surface area contributed by atoms with E-state index in [-0.39, 0.29) is 52.4 Å². The van der Waals surface area contributed by atoms with E-state index in [0.717, 1.165) is 44.5 Å². The van der Waals surface area contributed by atoms with E-state index in [2.05, 4.69) is 24.8 Å². The van der Waals surface area contributed by atoms with Crippen molar-refractivity contribution in [3.05, 3.63) is 58.6 Å². The number of ether oxygens (including phenoxy) is 1. The van der Waals surface area contributed by atoms with Crippen LogP contribution in [0.25, 0.3) is 22.2 Å². The smallest absolute Gasteiger partial charge is 0.418 e. The van der Waals surface area contributed by atoms with Crippen LogP contribution in [-0.2, 0) is 11.0 Å². The average Bonchev–Trinajstić information content (AvgIpc) is 3.54. The summed E-state index contributed by atoms with van der Waals surface area (Å²) in [7, 11) is 1.72. The van der Waals surface area contributed by atoms with Crippen LogP contribution in [0, 0.1) is 17.2 Å². The van der Waals surface area contributed by atoms with Crippen molar-refractivity contribution >= 4 is 45.6 Å². The number of hydrogen-bond donors (Lipinski definition) is 2. The lowest BCUT2D eigenvalue weighted by Crippen LogP contribution is -2.40. The quantitative estimate of drug-likeness (QED) is 0.158. The third kappa shape index (κ3) is 5.74. The van der Waals surface area contributed by atoms with Crippen LogP contribution in [0.4, 0.5) is 34.9 Å². The van der Waals surface area contributed by atoms with Crippen molar-refractivity contribution in [2.24, 2.45) is 11.3 Å². The van der Waals surface area contributed by atoms with Crippen molar-refractivity contribution < 1.29 is 27.1 Å². The van der Waals surface area contributed by atoms with Gasteiger partial charge in [-0.15, -0.1) is 0 Å². The number of nitrogen functional groups attached to an aromatic ring is 2. The minimum atomic E-state index is -4.92. The topological polar surface area (TPSA) is 136 Å². The zero-order valence-corrected chi connectivity index (χ0v) is 26.9. The summed E-state index contributed by atoms with van der Waals surface area (Å²) in [5.41, 5.74) is 9.63. The Hall–Kier alpha value is -4.30. The van der Waals surface area contributed by atoms with Crippen LogP contribution in [0.5, 0.6) is 6.01 Å². The number of benzene rings is 1. The number of Topliss-reactive ketones (excluding diaryl/α,β-unsaturated/α-hetero) is 1. The number of rotatable bonds is 9. The lowest BCUT2D eigenvalue weighted by atomic mass is 10.0. The molecule has 2 bridgehead atoms. The largest absolute Gasteiger partial charge is 0.463 e. The van der Waals surface area contributed by atoms with Gasteiger partial charge in [-0.3, -0.25) is 14.7 Å². The fourth-order valence-electron chi connectivity index (χ4n) is 7.02. The first-order chi connectivity index (χ1) is 22.7. The summed E-state index contributed by atoms with van der Waals surface area (Å²) in [5, 5.41) is -0.540. The van der Waals surface area contributed by atoms with Gasteiger partial charge in [-0.25, -0.2) is 9.37 Å². The van der Waals surface area contributed by atoms with Gasteiger partial charge in [-0.1, -0.05) is 17.7 Å². The number of fused-ring (bicyclic) bond motifs is 3. The second-order valence-corrected chi connectivity index (χ2v) is 13.6. The molecule has 3 aliphatic rings. The highest BCUT2D eigenvalue weighted by atomic mass is 35.5. The zero-order valence-electron chi connectivity index (χ0n) is 26.2. The van der Waals surface area contributed by atoms with E-state index < -0.39 is 39.9 Å². The molecule has 3 aromatic heterocycles. The first-order valence-electron chi connectivity index (χ1n) is 15.6. The summed E-state index contributed by atoms with van der Waals surface area (Å²) in [6.45, 7) is 3.62. The van der Waals surface area contributed by atoms with Crippen LogP contribution in [-0.4, -0.2) is 63.4 Å². The molecule has 0 spiro atoms. The van der Waals surface area contributed by atoms with Gasteiger partial charge in [0.15, 0.2) is 5.82 Å². The highest BCUT2D eigenvalue weighted by Gasteiger charge is 2.51. The number of halogens is 5. The summed E-state index contributed by atoms with van der Waals surface area (Å²) in [6.07, 6.45) is 1.16. The average molecular weight is 685 g/mol. The number of alkyl halides is 3. The molecule has 48 heavy (non-hydrogen) atoms. The molecule has 15 heteroatoms. The van der Waals surface area contributed by atoms with E-state index in [9.17, 15) is 18.0 Å². The first-order valence-corrected chi connectivity index (χ1v) is 16.0. The second-order valence-electron chi connectivity index (χ2n) is 13.2. The Kier molecular flexibility index (Phi) is 7.86. The molecule has 3 fully saturated rings. The van der Waals surface area contributed by atoms with Crippen molar-refractivity contribution in [2.75, 3.05) is 43.1 Å². The van der Waals surface area contributed by atoms with Gasteiger partial charge in [-0.2, -0.15) is 23.1 Å². The SMILES string of the molecule is CC(c1cccnc1N)N(C)c1nc(OCC2(CN3C[C@H]4C[C@@H]3CC4=O)CC2)nc2c(F)c(-c3cc(N)cc(Cl)c3C(F)(F)F)ncc12. The molecule has 1 aliphatic heterocycles. The Morgan fingerprint density at radius 2 is 1.98 bits per heavy atom. The van der Waals surface area contributed by atoms with E-state index in [1.165, 1.54) is 6.20 Å². The maximum Gasteiger partial charge on any atom is 0.418 e. The van der Waals surface area contributed by atoms with Crippen LogP contribution in [0.3, 0.4) is 0 Å². The highest BCUT2D eigenvalue weighted by molar-refractivity contribution is 6.32. The number of carbonyl (C=O) groups is 1. The molecule has 4 aromatic rings. The summed E-state index contributed by atoms with van der Waals surface area (Å²) in [6, 6.07) is 5.18. The molecular weight excluding hydrogens is 652 g/mol. The van der Waals surface area contributed by atoms with Crippen LogP contribution >= 0.6 is 11.6 Å². The number of likely N-dealkylation sites (tertiary alicyclic amines) is 1. The molecule has 7 rings (SSSR count). The normalized spacial score (nSPS) is 20.8. The predicted molar refractivity (Wildman–Crippen MR) is 173 cm³/mol. The molecule has 1 saturated heterocycles. The van der Waals surface area contributed by atoms with E-state index in [1.54, 1.807) is 30.3 Å². The number of hydrogen-bond acceptors (Lipinski definition) is 10. The summed E-state index contributed by atoms with van der Waals surface area (Å²) in [4.78, 5) is 33.5. The zero-order chi connectivity index (χ0) is 34.1. The van der Waals surface area contributed by atoms with Crippen LogP contribution < -0.4 is 21.1 Å². The molecule has 3 atom stereocenters. The van der Waals surface area contributed by atoms with Gasteiger partial charge in [-0.05, 0) is 44.4 Å². The standard InChI is InChI=1S/C33H33ClF4N8O2/c1-16(20-4-3-7-41-29(20)40)45(2)30-22-12-42-27(21-9-18(39)10-23(34)25(21)33(36,37)38)26(35)28(22)43-31(44-30)48-15-32(5-6-32)14-46-13-17-8-19(46)11-24(17)47/h3-4,7,9-10,12,16-17,19H,5-6,8,11,13-15,39H2,1-2H3,(H2,40,41)/t16?,17-,19-/m1/s1. The Morgan fingerprint density at radius 3 is 2.62 bits per heavy atom. The first kappa shape index (κ1) is 32.3. The molecule has 4 heterocycles. The molecule has 0 radical (unpaired) electrons. The van der Waals surface area contributed by atoms with Gasteiger partial charge < -0.3 is 21.1 Å². The fraction of sp³-hybridized carbons (Fsp3) is 0.424. The molecule has 4 N–H and O–H groups in total. The van der Waals surface area contributed by atoms with Crippen molar-refractivity contribution in [3.63, 3.8) is 0 Å². The van der Waals surface area contributed by atoms with Crippen molar-refractivity contribution in [1.82, 2.24) is 24.8 Å². The maximum absolute atomic E-state index is 16.5. The maximum atomic E-state index is 16.5. The molecule has 2 saturated carbocycles. The molecule has 2 aliphatic carbocycles. The highest BCUT2D eigenvalue weighted by Crippen LogP contribution is 2.49. The van der Waals surface area contributed by atoms with Crippen LogP contribution in [0.1, 0.15) is 49.8 Å². The number of pyridine rings is 2. The lowest BCUT2D eigenvalue weighted by molar-refractivity contribution is -0.137. The molecule has 252 valence electrons. The van der Waals surface area contributed by atoms with Gasteiger partial charge in [0, 0.05) is 73.1 Å². The van der Waals surface area contributed by atoms with Gasteiger partial charge in [0.2, 0.25) is 0 Å². The molecule has 10 nitrogen and oxygen atoms in total. The van der Waals surface area contributed by atoms with Gasteiger partial charge >= 0.3 is 12.2 Å². The third-order valence-electron chi connectivity index (χ3n) is 9.95. The molecule has 1 aromatic carbocycles. The number of nitrogens with zero attached hydrogens (tertiary/aromatic N) is 6. The monoisotopic (exact) mass is 684 g/mol. The number of ketones is 1. The predicted octanol–water partition coefficient (Wildman–Crippen LogP) is 6.08. The lowest BCUT2D eigenvalue weighted by Gasteiger charge is -2.30. The van der Waals surface area contributed by atoms with E-state index >= 15 is 4.39 Å². The molecule has 0 amide bonds. The third-order valence-corrected chi connectivity index (χ3v) is 10.3. The Bertz CT molecular complexity index is 1940. The van der Waals surface area contributed by atoms with E-state index in [1.807, 2.05) is 6.92 Å². The van der Waals surface area contributed by atoms with E-state index in [0.29, 0.717) is 23.6 Å². The number of carbonyl (C=O) groups excluding carboxylic acids is 1. The second kappa shape index (κ2) is 11.7. The fourth-order valence-corrected chi connectivity index (χ4v) is 7.35. The Balaban J connectivity index is 1.29. The van der Waals surface area contributed by atoms with Crippen molar-refractivity contribution in [2.45, 2.75) is 50.9 Å². The number of aromatic nitrogens is 4. The van der Waals surface area contributed by atoms with Crippen molar-refractivity contribution in [3.8, 4) is 17.3 Å². The van der Waals surface area contributed by atoms with Gasteiger partial charge in [0.05, 0.1) is 28.6 Å².